The van der Waals surface area contributed by atoms with Crippen LogP contribution in [0, 0.1) is 6.92 Å². The van der Waals surface area contributed by atoms with Gasteiger partial charge in [-0.1, -0.05) is 18.2 Å². The number of carbonyl (C=O) groups is 1. The van der Waals surface area contributed by atoms with Crippen molar-refractivity contribution in [3.05, 3.63) is 89.8 Å². The minimum absolute atomic E-state index is 0.737. The monoisotopic (exact) mass is 613 g/mol. The van der Waals surface area contributed by atoms with Crippen LogP contribution in [0.2, 0.25) is 0 Å². The number of hydrogen-bond donors (Lipinski definition) is 1. The van der Waals surface area contributed by atoms with E-state index in [1.165, 1.54) is 5.56 Å². The normalized spacial score (nSPS) is 10.2. The van der Waals surface area contributed by atoms with Crippen molar-refractivity contribution in [1.82, 2.24) is 25.2 Å². The topological polar surface area (TPSA) is 71.0 Å². The minimum atomic E-state index is 0.737. The summed E-state index contributed by atoms with van der Waals surface area (Å²) >= 11 is 0.999. The third-order valence-corrected chi connectivity index (χ3v) is 7.22. The summed E-state index contributed by atoms with van der Waals surface area (Å²) in [6.07, 6.45) is 6.31. The molecule has 0 saturated heterocycles. The summed E-state index contributed by atoms with van der Waals surface area (Å²) in [6.45, 7) is 5.19. The van der Waals surface area contributed by atoms with Gasteiger partial charge in [0, 0.05) is 38.2 Å². The molecule has 1 N–H and O–H groups in total. The van der Waals surface area contributed by atoms with Gasteiger partial charge in [0.15, 0.2) is 0 Å². The second-order valence-electron chi connectivity index (χ2n) is 6.56. The Morgan fingerprint density at radius 2 is 1.53 bits per heavy atom. The van der Waals surface area contributed by atoms with E-state index in [-0.39, 0.29) is 0 Å². The van der Waals surface area contributed by atoms with Crippen molar-refractivity contribution in [3.63, 3.8) is 0 Å². The summed E-state index contributed by atoms with van der Waals surface area (Å²) in [4.78, 5) is 25.3. The van der Waals surface area contributed by atoms with Crippen LogP contribution in [0.25, 0.3) is 0 Å². The molecule has 154 valence electrons. The Bertz CT molecular complexity index is 796. The van der Waals surface area contributed by atoms with E-state index in [2.05, 4.69) is 44.2 Å². The van der Waals surface area contributed by atoms with Gasteiger partial charge >= 0.3 is 61.4 Å². The van der Waals surface area contributed by atoms with Crippen LogP contribution < -0.4 is 5.32 Å². The summed E-state index contributed by atoms with van der Waals surface area (Å²) in [7, 11) is 1.89. The summed E-state index contributed by atoms with van der Waals surface area (Å²) in [5.74, 6) is 1.07. The number of hydrogen-bond acceptors (Lipinski definition) is 6. The summed E-state index contributed by atoms with van der Waals surface area (Å²) < 4.78 is 0. The Balaban J connectivity index is 0.000000396. The second kappa shape index (κ2) is 15.0. The van der Waals surface area contributed by atoms with E-state index < -0.39 is 0 Å². The van der Waals surface area contributed by atoms with Crippen LogP contribution in [0.1, 0.15) is 22.6 Å². The van der Waals surface area contributed by atoms with Crippen molar-refractivity contribution in [2.45, 2.75) is 26.6 Å². The first-order valence-corrected chi connectivity index (χ1v) is 16.2. The van der Waals surface area contributed by atoms with Gasteiger partial charge in [-0.2, -0.15) is 0 Å². The Kier molecular flexibility index (Phi) is 12.2. The fourth-order valence-electron chi connectivity index (χ4n) is 2.61. The van der Waals surface area contributed by atoms with Crippen LogP contribution in [0.15, 0.2) is 67.1 Å². The first-order chi connectivity index (χ1) is 14.7. The van der Waals surface area contributed by atoms with Crippen molar-refractivity contribution >= 4 is 39.0 Å². The fraction of sp³-hybridized carbons (Fsp3) is 0.273. The Labute approximate surface area is 196 Å². The predicted octanol–water partition coefficient (Wildman–Crippen LogP) is 2.93. The molecule has 30 heavy (non-hydrogen) atoms. The maximum atomic E-state index is 9.57. The molecular weight excluding hydrogens is 587 g/mol. The van der Waals surface area contributed by atoms with Gasteiger partial charge in [0.25, 0.3) is 0 Å². The van der Waals surface area contributed by atoms with Gasteiger partial charge in [-0.25, -0.2) is 0 Å². The summed E-state index contributed by atoms with van der Waals surface area (Å²) in [5, 5.41) is 2.57. The zero-order valence-electron chi connectivity index (χ0n) is 17.1. The first-order valence-electron chi connectivity index (χ1n) is 9.63. The van der Waals surface area contributed by atoms with Crippen LogP contribution in [0.3, 0.4) is 0 Å². The number of nitrogens with zero attached hydrogens (tertiary/aromatic N) is 4. The summed E-state index contributed by atoms with van der Waals surface area (Å²) in [5.41, 5.74) is 4.34. The Hall–Kier alpha value is -1.85. The van der Waals surface area contributed by atoms with Gasteiger partial charge in [0.1, 0.15) is 0 Å². The molecule has 8 heteroatoms. The fourth-order valence-corrected chi connectivity index (χ4v) is 4.22. The molecule has 3 rings (SSSR count). The molecule has 0 spiro atoms. The maximum absolute atomic E-state index is 9.57. The van der Waals surface area contributed by atoms with Crippen LogP contribution in [-0.2, 0) is 24.4 Å². The standard InChI is InChI=1S/C19H20N4.C3H7NOS.Tl/c1-16-8-9-19(22-12-16)15-23(13-17-6-2-4-10-20-17)14-18-7-3-5-11-21-18;5-3-4-1-2-6;/h2-12H,13-15H2,1H3;3,6H,1-2H2,(H,4,5);/q;;+1/p-1. The van der Waals surface area contributed by atoms with Gasteiger partial charge in [0.05, 0.1) is 17.1 Å². The van der Waals surface area contributed by atoms with E-state index in [9.17, 15) is 4.79 Å². The molecule has 1 amide bonds. The number of aromatic nitrogens is 3. The molecule has 3 aromatic heterocycles. The van der Waals surface area contributed by atoms with Crippen molar-refractivity contribution < 1.29 is 4.79 Å². The van der Waals surface area contributed by atoms with Crippen LogP contribution in [-0.4, -0.2) is 62.8 Å². The van der Waals surface area contributed by atoms with E-state index in [0.717, 1.165) is 79.7 Å². The van der Waals surface area contributed by atoms with Crippen LogP contribution >= 0.6 is 8.31 Å². The van der Waals surface area contributed by atoms with Crippen molar-refractivity contribution in [2.24, 2.45) is 0 Å². The summed E-state index contributed by atoms with van der Waals surface area (Å²) in [6, 6.07) is 16.2. The molecular formula is C22H26N5OSTl. The molecule has 0 bridgehead atoms. The SMILES string of the molecule is Cc1ccc(CN(Cc2ccccn2)Cc2ccccn2)nc1.O=CNCC[S][Tl]. The van der Waals surface area contributed by atoms with Gasteiger partial charge in [-0.05, 0) is 42.8 Å². The van der Waals surface area contributed by atoms with Gasteiger partial charge in [0.2, 0.25) is 0 Å². The number of aryl methyl sites for hydroxylation is 1. The van der Waals surface area contributed by atoms with E-state index in [4.69, 9.17) is 0 Å². The quantitative estimate of drug-likeness (QED) is 0.216. The molecule has 0 unspecified atom stereocenters. The zero-order chi connectivity index (χ0) is 21.4. The van der Waals surface area contributed by atoms with E-state index in [0.29, 0.717) is 0 Å². The average Bonchev–Trinajstić information content (AvgIpc) is 2.78. The zero-order valence-corrected chi connectivity index (χ0v) is 22.5. The van der Waals surface area contributed by atoms with Crippen molar-refractivity contribution in [2.75, 3.05) is 12.3 Å². The van der Waals surface area contributed by atoms with Gasteiger partial charge in [-0.15, -0.1) is 0 Å². The van der Waals surface area contributed by atoms with Crippen molar-refractivity contribution in [3.8, 4) is 0 Å². The first kappa shape index (κ1) is 24.4. The number of nitrogens with one attached hydrogen (secondary N) is 1. The molecule has 0 aliphatic rings. The van der Waals surface area contributed by atoms with E-state index >= 15 is 0 Å². The molecule has 0 fully saturated rings. The Morgan fingerprint density at radius 3 is 1.97 bits per heavy atom. The number of rotatable bonds is 10. The molecule has 3 aromatic rings. The number of pyridine rings is 3. The van der Waals surface area contributed by atoms with E-state index in [1.807, 2.05) is 63.3 Å². The molecule has 0 aromatic carbocycles. The molecule has 3 heterocycles. The third-order valence-electron chi connectivity index (χ3n) is 4.03. The van der Waals surface area contributed by atoms with Gasteiger partial charge in [-0.3, -0.25) is 19.9 Å². The Morgan fingerprint density at radius 1 is 0.933 bits per heavy atom. The molecule has 6 nitrogen and oxygen atoms in total. The van der Waals surface area contributed by atoms with E-state index in [1.54, 1.807) is 0 Å². The molecule has 0 aliphatic heterocycles. The van der Waals surface area contributed by atoms with Crippen molar-refractivity contribution in [1.29, 1.82) is 0 Å². The third kappa shape index (κ3) is 10.3. The molecule has 0 radical (unpaired) electrons. The van der Waals surface area contributed by atoms with Gasteiger partial charge < -0.3 is 0 Å². The molecule has 0 atom stereocenters. The predicted molar refractivity (Wildman–Crippen MR) is 123 cm³/mol. The number of amides is 1. The van der Waals surface area contributed by atoms with Crippen LogP contribution in [0.5, 0.6) is 0 Å². The average molecular weight is 613 g/mol. The molecule has 0 saturated carbocycles. The second-order valence-corrected chi connectivity index (χ2v) is 11.2. The number of carbonyl (C=O) groups excluding carboxylic acids is 1. The molecule has 0 aliphatic carbocycles. The van der Waals surface area contributed by atoms with Crippen LogP contribution in [0.4, 0.5) is 0 Å².